The first-order valence-corrected chi connectivity index (χ1v) is 7.47. The molecule has 0 saturated carbocycles. The van der Waals surface area contributed by atoms with E-state index in [4.69, 9.17) is 9.26 Å². The van der Waals surface area contributed by atoms with Crippen molar-refractivity contribution in [2.45, 2.75) is 38.2 Å². The Morgan fingerprint density at radius 1 is 1.35 bits per heavy atom. The maximum Gasteiger partial charge on any atom is 0.418 e. The van der Waals surface area contributed by atoms with Gasteiger partial charge in [-0.25, -0.2) is 9.69 Å². The van der Waals surface area contributed by atoms with E-state index in [-0.39, 0.29) is 18.4 Å². The van der Waals surface area contributed by atoms with Gasteiger partial charge in [-0.15, -0.1) is 0 Å². The summed E-state index contributed by atoms with van der Waals surface area (Å²) in [6, 6.07) is 0. The van der Waals surface area contributed by atoms with Crippen molar-refractivity contribution in [3.05, 3.63) is 12.2 Å². The second kappa shape index (κ2) is 5.64. The molecular weight excluding hydrogens is 304 g/mol. The van der Waals surface area contributed by atoms with Crippen molar-refractivity contribution in [2.75, 3.05) is 19.6 Å². The van der Waals surface area contributed by atoms with Crippen molar-refractivity contribution in [1.29, 1.82) is 0 Å². The highest BCUT2D eigenvalue weighted by Gasteiger charge is 2.48. The third kappa shape index (κ3) is 2.90. The molecule has 9 nitrogen and oxygen atoms in total. The summed E-state index contributed by atoms with van der Waals surface area (Å²) in [6.07, 6.45) is 1.96. The molecule has 0 atom stereocenters. The Bertz CT molecular complexity index is 619. The monoisotopic (exact) mass is 322 g/mol. The normalized spacial score (nSPS) is 21.7. The Balaban J connectivity index is 1.56. The standard InChI is InChI=1S/C14H18N4O5/c1-14(2)12(20)18(13(21)23-14)7-10(19)17-5-3-9(4-6-17)11-15-8-22-16-11/h8-9H,3-7H2,1-2H3. The number of imide groups is 1. The van der Waals surface area contributed by atoms with E-state index < -0.39 is 17.6 Å². The van der Waals surface area contributed by atoms with E-state index in [9.17, 15) is 14.4 Å². The lowest BCUT2D eigenvalue weighted by Crippen LogP contribution is -2.46. The zero-order valence-corrected chi connectivity index (χ0v) is 13.0. The van der Waals surface area contributed by atoms with Crippen molar-refractivity contribution in [3.63, 3.8) is 0 Å². The second-order valence-corrected chi connectivity index (χ2v) is 6.21. The summed E-state index contributed by atoms with van der Waals surface area (Å²) < 4.78 is 9.70. The number of aromatic nitrogens is 2. The van der Waals surface area contributed by atoms with E-state index in [1.807, 2.05) is 0 Å². The Kier molecular flexibility index (Phi) is 3.78. The highest BCUT2D eigenvalue weighted by Crippen LogP contribution is 2.26. The van der Waals surface area contributed by atoms with Crippen LogP contribution in [-0.2, 0) is 14.3 Å². The summed E-state index contributed by atoms with van der Waals surface area (Å²) in [6.45, 7) is 3.78. The molecule has 3 amide bonds. The Morgan fingerprint density at radius 3 is 2.57 bits per heavy atom. The van der Waals surface area contributed by atoms with Gasteiger partial charge in [0.1, 0.15) is 6.54 Å². The first-order chi connectivity index (χ1) is 10.9. The van der Waals surface area contributed by atoms with E-state index in [1.54, 1.807) is 4.90 Å². The summed E-state index contributed by atoms with van der Waals surface area (Å²) in [7, 11) is 0. The molecule has 0 aromatic carbocycles. The third-order valence-corrected chi connectivity index (χ3v) is 4.21. The van der Waals surface area contributed by atoms with Crippen LogP contribution in [0.5, 0.6) is 0 Å². The fourth-order valence-corrected chi connectivity index (χ4v) is 2.84. The Hall–Kier alpha value is -2.45. The molecule has 1 aromatic rings. The summed E-state index contributed by atoms with van der Waals surface area (Å²) in [5, 5.41) is 3.83. The van der Waals surface area contributed by atoms with Gasteiger partial charge in [0, 0.05) is 19.0 Å². The van der Waals surface area contributed by atoms with Crippen LogP contribution < -0.4 is 0 Å². The largest absolute Gasteiger partial charge is 0.433 e. The highest BCUT2D eigenvalue weighted by molar-refractivity contribution is 6.04. The minimum Gasteiger partial charge on any atom is -0.433 e. The number of hydrogen-bond donors (Lipinski definition) is 0. The van der Waals surface area contributed by atoms with Gasteiger partial charge in [-0.1, -0.05) is 5.16 Å². The quantitative estimate of drug-likeness (QED) is 0.799. The van der Waals surface area contributed by atoms with Crippen molar-refractivity contribution in [2.24, 2.45) is 0 Å². The van der Waals surface area contributed by atoms with Crippen LogP contribution in [0.4, 0.5) is 4.79 Å². The van der Waals surface area contributed by atoms with Crippen LogP contribution in [0.15, 0.2) is 10.9 Å². The van der Waals surface area contributed by atoms with Gasteiger partial charge in [-0.05, 0) is 26.7 Å². The number of likely N-dealkylation sites (tertiary alicyclic amines) is 1. The van der Waals surface area contributed by atoms with Gasteiger partial charge in [0.2, 0.25) is 12.3 Å². The molecule has 0 aliphatic carbocycles. The van der Waals surface area contributed by atoms with Crippen LogP contribution in [0.2, 0.25) is 0 Å². The molecule has 0 radical (unpaired) electrons. The predicted molar refractivity (Wildman–Crippen MR) is 75.1 cm³/mol. The topological polar surface area (TPSA) is 106 Å². The fourth-order valence-electron chi connectivity index (χ4n) is 2.84. The molecule has 3 heterocycles. The molecular formula is C14H18N4O5. The van der Waals surface area contributed by atoms with Crippen LogP contribution in [0.3, 0.4) is 0 Å². The van der Waals surface area contributed by atoms with Crippen LogP contribution >= 0.6 is 0 Å². The molecule has 23 heavy (non-hydrogen) atoms. The van der Waals surface area contributed by atoms with Gasteiger partial charge in [0.25, 0.3) is 5.91 Å². The summed E-state index contributed by atoms with van der Waals surface area (Å²) >= 11 is 0. The lowest BCUT2D eigenvalue weighted by molar-refractivity contribution is -0.140. The van der Waals surface area contributed by atoms with Crippen LogP contribution in [0, 0.1) is 0 Å². The minimum absolute atomic E-state index is 0.162. The van der Waals surface area contributed by atoms with Crippen LogP contribution in [-0.4, -0.2) is 63.1 Å². The summed E-state index contributed by atoms with van der Waals surface area (Å²) in [5.74, 6) is 0.0596. The molecule has 0 spiro atoms. The van der Waals surface area contributed by atoms with Crippen molar-refractivity contribution in [3.8, 4) is 0 Å². The molecule has 1 aromatic heterocycles. The van der Waals surface area contributed by atoms with Gasteiger partial charge in [0.15, 0.2) is 11.4 Å². The molecule has 124 valence electrons. The summed E-state index contributed by atoms with van der Waals surface area (Å²) in [4.78, 5) is 42.6. The maximum atomic E-state index is 12.3. The number of carbonyl (C=O) groups excluding carboxylic acids is 3. The van der Waals surface area contributed by atoms with E-state index in [0.29, 0.717) is 18.9 Å². The fraction of sp³-hybridized carbons (Fsp3) is 0.643. The number of amides is 3. The first kappa shape index (κ1) is 15.4. The average Bonchev–Trinajstić information content (AvgIpc) is 3.11. The number of rotatable bonds is 3. The van der Waals surface area contributed by atoms with Crippen LogP contribution in [0.25, 0.3) is 0 Å². The highest BCUT2D eigenvalue weighted by atomic mass is 16.6. The van der Waals surface area contributed by atoms with E-state index in [2.05, 4.69) is 10.1 Å². The zero-order valence-electron chi connectivity index (χ0n) is 13.0. The molecule has 2 aliphatic rings. The van der Waals surface area contributed by atoms with Crippen LogP contribution in [0.1, 0.15) is 38.4 Å². The van der Waals surface area contributed by atoms with Crippen molar-refractivity contribution >= 4 is 17.9 Å². The zero-order chi connectivity index (χ0) is 16.6. The molecule has 0 bridgehead atoms. The second-order valence-electron chi connectivity index (χ2n) is 6.21. The number of nitrogens with zero attached hydrogens (tertiary/aromatic N) is 4. The molecule has 3 rings (SSSR count). The minimum atomic E-state index is -1.21. The maximum absolute atomic E-state index is 12.3. The molecule has 2 aliphatic heterocycles. The molecule has 2 fully saturated rings. The SMILES string of the molecule is CC1(C)OC(=O)N(CC(=O)N2CCC(c3ncon3)CC2)C1=O. The number of ether oxygens (including phenoxy) is 1. The van der Waals surface area contributed by atoms with E-state index in [1.165, 1.54) is 20.2 Å². The predicted octanol–water partition coefficient (Wildman–Crippen LogP) is 0.533. The molecule has 9 heteroatoms. The lowest BCUT2D eigenvalue weighted by atomic mass is 9.96. The smallest absolute Gasteiger partial charge is 0.418 e. The Labute approximate surface area is 132 Å². The number of carbonyl (C=O) groups is 3. The van der Waals surface area contributed by atoms with Gasteiger partial charge in [0.05, 0.1) is 0 Å². The summed E-state index contributed by atoms with van der Waals surface area (Å²) in [5.41, 5.74) is -1.21. The van der Waals surface area contributed by atoms with Crippen molar-refractivity contribution < 1.29 is 23.6 Å². The first-order valence-electron chi connectivity index (χ1n) is 7.47. The van der Waals surface area contributed by atoms with Gasteiger partial charge < -0.3 is 14.2 Å². The Morgan fingerprint density at radius 2 is 2.04 bits per heavy atom. The van der Waals surface area contributed by atoms with Crippen molar-refractivity contribution in [1.82, 2.24) is 19.9 Å². The third-order valence-electron chi connectivity index (χ3n) is 4.21. The number of hydrogen-bond acceptors (Lipinski definition) is 7. The average molecular weight is 322 g/mol. The molecule has 0 N–H and O–H groups in total. The van der Waals surface area contributed by atoms with E-state index >= 15 is 0 Å². The van der Waals surface area contributed by atoms with Gasteiger partial charge in [-0.3, -0.25) is 9.59 Å². The van der Waals surface area contributed by atoms with Gasteiger partial charge >= 0.3 is 6.09 Å². The lowest BCUT2D eigenvalue weighted by Gasteiger charge is -2.31. The molecule has 2 saturated heterocycles. The number of piperidine rings is 1. The number of cyclic esters (lactones) is 1. The van der Waals surface area contributed by atoms with Gasteiger partial charge in [-0.2, -0.15) is 4.98 Å². The van der Waals surface area contributed by atoms with E-state index in [0.717, 1.165) is 17.7 Å². The molecule has 0 unspecified atom stereocenters.